The number of ether oxygens (including phenoxy) is 3. The largest absolute Gasteiger partial charge is 0.493 e. The van der Waals surface area contributed by atoms with E-state index in [9.17, 15) is 0 Å². The van der Waals surface area contributed by atoms with Gasteiger partial charge in [0.25, 0.3) is 0 Å². The van der Waals surface area contributed by atoms with Crippen LogP contribution in [0, 0.1) is 0 Å². The van der Waals surface area contributed by atoms with Gasteiger partial charge in [-0.25, -0.2) is 0 Å². The third-order valence-corrected chi connectivity index (χ3v) is 2.37. The summed E-state index contributed by atoms with van der Waals surface area (Å²) in [6, 6.07) is 7.60. The lowest BCUT2D eigenvalue weighted by Crippen LogP contribution is -2.18. The molecule has 0 radical (unpaired) electrons. The lowest BCUT2D eigenvalue weighted by molar-refractivity contribution is 0.0557. The maximum absolute atomic E-state index is 5.74. The van der Waals surface area contributed by atoms with E-state index in [4.69, 9.17) is 14.2 Å². The van der Waals surface area contributed by atoms with Crippen molar-refractivity contribution < 1.29 is 14.2 Å². The standard InChI is InChI=1S/C11H14O3/c1-3-11(8-13-11)14-10-7-5-4-6-9(10)12-2/h4-7H,3,8H2,1-2H3. The van der Waals surface area contributed by atoms with E-state index in [1.807, 2.05) is 31.2 Å². The molecule has 14 heavy (non-hydrogen) atoms. The summed E-state index contributed by atoms with van der Waals surface area (Å²) in [6.45, 7) is 2.71. The van der Waals surface area contributed by atoms with Gasteiger partial charge in [-0.15, -0.1) is 0 Å². The van der Waals surface area contributed by atoms with Crippen LogP contribution < -0.4 is 9.47 Å². The van der Waals surface area contributed by atoms with E-state index in [0.29, 0.717) is 6.61 Å². The Morgan fingerprint density at radius 3 is 2.50 bits per heavy atom. The highest BCUT2D eigenvalue weighted by molar-refractivity contribution is 5.39. The first kappa shape index (κ1) is 9.34. The highest BCUT2D eigenvalue weighted by Gasteiger charge is 2.46. The lowest BCUT2D eigenvalue weighted by atomic mass is 10.3. The minimum absolute atomic E-state index is 0.394. The Balaban J connectivity index is 2.16. The molecule has 0 amide bonds. The second-order valence-electron chi connectivity index (χ2n) is 3.31. The fourth-order valence-corrected chi connectivity index (χ4v) is 1.32. The van der Waals surface area contributed by atoms with Gasteiger partial charge in [0.2, 0.25) is 5.79 Å². The Labute approximate surface area is 83.6 Å². The van der Waals surface area contributed by atoms with Crippen molar-refractivity contribution in [2.75, 3.05) is 13.7 Å². The van der Waals surface area contributed by atoms with Crippen LogP contribution in [0.1, 0.15) is 13.3 Å². The zero-order valence-electron chi connectivity index (χ0n) is 8.45. The van der Waals surface area contributed by atoms with Crippen LogP contribution in [-0.4, -0.2) is 19.5 Å². The van der Waals surface area contributed by atoms with E-state index in [2.05, 4.69) is 0 Å². The van der Waals surface area contributed by atoms with Gasteiger partial charge in [-0.1, -0.05) is 19.1 Å². The van der Waals surface area contributed by atoms with Crippen molar-refractivity contribution in [1.29, 1.82) is 0 Å². The minimum atomic E-state index is -0.394. The predicted octanol–water partition coefficient (Wildman–Crippen LogP) is 2.21. The summed E-state index contributed by atoms with van der Waals surface area (Å²) in [5, 5.41) is 0. The van der Waals surface area contributed by atoms with Gasteiger partial charge in [-0.2, -0.15) is 0 Å². The van der Waals surface area contributed by atoms with Gasteiger partial charge in [-0.3, -0.25) is 0 Å². The van der Waals surface area contributed by atoms with E-state index >= 15 is 0 Å². The lowest BCUT2D eigenvalue weighted by Gasteiger charge is -2.14. The van der Waals surface area contributed by atoms with Crippen LogP contribution in [0.2, 0.25) is 0 Å². The number of benzene rings is 1. The van der Waals surface area contributed by atoms with Gasteiger partial charge in [0.1, 0.15) is 6.61 Å². The molecule has 2 rings (SSSR count). The Kier molecular flexibility index (Phi) is 2.33. The average molecular weight is 194 g/mol. The Hall–Kier alpha value is -1.22. The molecule has 0 spiro atoms. The zero-order valence-corrected chi connectivity index (χ0v) is 8.45. The van der Waals surface area contributed by atoms with Crippen LogP contribution in [0.5, 0.6) is 11.5 Å². The van der Waals surface area contributed by atoms with Crippen LogP contribution in [0.4, 0.5) is 0 Å². The highest BCUT2D eigenvalue weighted by atomic mass is 16.8. The maximum atomic E-state index is 5.74. The van der Waals surface area contributed by atoms with Crippen LogP contribution in [0.3, 0.4) is 0 Å². The molecule has 1 aromatic carbocycles. The number of hydrogen-bond donors (Lipinski definition) is 0. The number of para-hydroxylation sites is 2. The molecule has 1 atom stereocenters. The molecule has 0 aliphatic carbocycles. The topological polar surface area (TPSA) is 31.0 Å². The second kappa shape index (κ2) is 3.50. The number of hydrogen-bond acceptors (Lipinski definition) is 3. The van der Waals surface area contributed by atoms with E-state index in [1.165, 1.54) is 0 Å². The molecule has 0 aromatic heterocycles. The fourth-order valence-electron chi connectivity index (χ4n) is 1.32. The molecule has 76 valence electrons. The molecule has 0 N–H and O–H groups in total. The van der Waals surface area contributed by atoms with Gasteiger partial charge in [0.15, 0.2) is 11.5 Å². The SMILES string of the molecule is CCC1(Oc2ccccc2OC)CO1. The third kappa shape index (κ3) is 1.68. The van der Waals surface area contributed by atoms with Crippen molar-refractivity contribution in [2.24, 2.45) is 0 Å². The molecular weight excluding hydrogens is 180 g/mol. The molecule has 1 unspecified atom stereocenters. The van der Waals surface area contributed by atoms with Gasteiger partial charge < -0.3 is 14.2 Å². The van der Waals surface area contributed by atoms with Crippen molar-refractivity contribution in [2.45, 2.75) is 19.1 Å². The van der Waals surface area contributed by atoms with E-state index in [0.717, 1.165) is 17.9 Å². The Morgan fingerprint density at radius 2 is 2.00 bits per heavy atom. The van der Waals surface area contributed by atoms with Crippen LogP contribution in [-0.2, 0) is 4.74 Å². The molecular formula is C11H14O3. The van der Waals surface area contributed by atoms with Crippen molar-refractivity contribution in [3.05, 3.63) is 24.3 Å². The van der Waals surface area contributed by atoms with Crippen LogP contribution >= 0.6 is 0 Å². The summed E-state index contributed by atoms with van der Waals surface area (Å²) in [5.41, 5.74) is 0. The quantitative estimate of drug-likeness (QED) is 0.688. The summed E-state index contributed by atoms with van der Waals surface area (Å²) >= 11 is 0. The zero-order chi connectivity index (χ0) is 10.0. The molecule has 0 saturated carbocycles. The summed E-state index contributed by atoms with van der Waals surface area (Å²) < 4.78 is 16.2. The molecule has 0 bridgehead atoms. The van der Waals surface area contributed by atoms with Gasteiger partial charge >= 0.3 is 0 Å². The maximum Gasteiger partial charge on any atom is 0.234 e. The number of epoxide rings is 1. The molecule has 3 heteroatoms. The predicted molar refractivity (Wildman–Crippen MR) is 52.6 cm³/mol. The summed E-state index contributed by atoms with van der Waals surface area (Å²) in [5.74, 6) is 1.10. The van der Waals surface area contributed by atoms with Crippen molar-refractivity contribution >= 4 is 0 Å². The third-order valence-electron chi connectivity index (χ3n) is 2.37. The van der Waals surface area contributed by atoms with Crippen molar-refractivity contribution in [3.63, 3.8) is 0 Å². The molecule has 1 aliphatic rings. The first-order valence-corrected chi connectivity index (χ1v) is 4.75. The molecule has 3 nitrogen and oxygen atoms in total. The molecule has 1 saturated heterocycles. The van der Waals surface area contributed by atoms with E-state index in [-0.39, 0.29) is 0 Å². The molecule has 1 fully saturated rings. The molecule has 1 aromatic rings. The average Bonchev–Trinajstić information content (AvgIpc) is 2.99. The van der Waals surface area contributed by atoms with Crippen LogP contribution in [0.25, 0.3) is 0 Å². The number of rotatable bonds is 4. The normalized spacial score (nSPS) is 24.4. The Morgan fingerprint density at radius 1 is 1.36 bits per heavy atom. The highest BCUT2D eigenvalue weighted by Crippen LogP contribution is 2.37. The smallest absolute Gasteiger partial charge is 0.234 e. The number of methoxy groups -OCH3 is 1. The fraction of sp³-hybridized carbons (Fsp3) is 0.455. The first-order valence-electron chi connectivity index (χ1n) is 4.75. The van der Waals surface area contributed by atoms with Gasteiger partial charge in [-0.05, 0) is 12.1 Å². The molecule has 1 heterocycles. The van der Waals surface area contributed by atoms with E-state index < -0.39 is 5.79 Å². The summed E-state index contributed by atoms with van der Waals surface area (Å²) in [4.78, 5) is 0. The first-order chi connectivity index (χ1) is 6.79. The monoisotopic (exact) mass is 194 g/mol. The van der Waals surface area contributed by atoms with E-state index in [1.54, 1.807) is 7.11 Å². The summed E-state index contributed by atoms with van der Waals surface area (Å²) in [7, 11) is 1.63. The Bertz CT molecular complexity index is 318. The van der Waals surface area contributed by atoms with Crippen molar-refractivity contribution in [1.82, 2.24) is 0 Å². The second-order valence-corrected chi connectivity index (χ2v) is 3.31. The van der Waals surface area contributed by atoms with Crippen molar-refractivity contribution in [3.8, 4) is 11.5 Å². The summed E-state index contributed by atoms with van der Waals surface area (Å²) in [6.07, 6.45) is 0.852. The minimum Gasteiger partial charge on any atom is -0.493 e. The van der Waals surface area contributed by atoms with Gasteiger partial charge in [0, 0.05) is 6.42 Å². The molecule has 1 aliphatic heterocycles. The van der Waals surface area contributed by atoms with Gasteiger partial charge in [0.05, 0.1) is 7.11 Å². The van der Waals surface area contributed by atoms with Crippen LogP contribution in [0.15, 0.2) is 24.3 Å².